The first-order valence-electron chi connectivity index (χ1n) is 21.3. The number of likely N-dealkylation sites (tertiary alicyclic amines) is 2. The van der Waals surface area contributed by atoms with Gasteiger partial charge in [-0.2, -0.15) is 39.5 Å². The highest BCUT2D eigenvalue weighted by atomic mass is 19.4. The minimum absolute atomic E-state index is 0.0352. The molecule has 4 heterocycles. The maximum absolute atomic E-state index is 13.8. The molecule has 0 aliphatic carbocycles. The fourth-order valence-corrected chi connectivity index (χ4v) is 8.04. The number of alkyl halides is 9. The fraction of sp³-hybridized carbons (Fsp3) is 0.478. The number of nitrogens with zero attached hydrogens (tertiary/aromatic N) is 5. The van der Waals surface area contributed by atoms with Crippen LogP contribution < -0.4 is 5.32 Å². The number of halogens is 9. The lowest BCUT2D eigenvalue weighted by Gasteiger charge is -2.57. The summed E-state index contributed by atoms with van der Waals surface area (Å²) in [6.07, 6.45) is -14.8. The van der Waals surface area contributed by atoms with Crippen LogP contribution in [0.1, 0.15) is 74.9 Å². The molecule has 374 valence electrons. The lowest BCUT2D eigenvalue weighted by atomic mass is 9.83. The number of hydrogen-bond donors (Lipinski definition) is 1. The molecule has 3 aromatic rings. The molecule has 1 N–H and O–H groups in total. The first kappa shape index (κ1) is 51.8. The standard InChI is InChI=1S/C27H27F6N3O4.C19H22F3N3O4/c1-24(2,3)40-23(39)35-15-25(16-35)22(38)34(12-17-4-8-19(9-5-17)26(28,29)30)14-21(37)36(25)13-18-6-10-20(11-7-18)27(31,32)33;1-17(2,3)29-16(28)24-10-18(11-24)15(27)23-8-14(26)25(18)9-12-4-6-13(7-5-12)19(20,21)22/h4-11H,12-16H2,1-3H3;4-7H,8-11H2,1-3H3,(H,23,27). The highest BCUT2D eigenvalue weighted by molar-refractivity contribution is 6.01. The van der Waals surface area contributed by atoms with Gasteiger partial charge in [-0.1, -0.05) is 36.4 Å². The van der Waals surface area contributed by atoms with Gasteiger partial charge >= 0.3 is 30.7 Å². The molecule has 0 unspecified atom stereocenters. The van der Waals surface area contributed by atoms with Gasteiger partial charge in [0.1, 0.15) is 17.7 Å². The summed E-state index contributed by atoms with van der Waals surface area (Å²) in [7, 11) is 0. The molecule has 14 nitrogen and oxygen atoms in total. The van der Waals surface area contributed by atoms with Gasteiger partial charge in [0.15, 0.2) is 11.1 Å². The quantitative estimate of drug-likeness (QED) is 0.255. The molecule has 0 aromatic heterocycles. The van der Waals surface area contributed by atoms with Crippen molar-refractivity contribution in [1.29, 1.82) is 0 Å². The van der Waals surface area contributed by atoms with Crippen molar-refractivity contribution in [2.75, 3.05) is 39.3 Å². The summed E-state index contributed by atoms with van der Waals surface area (Å²) in [4.78, 5) is 83.3. The number of ether oxygens (including phenoxy) is 2. The average molecular weight is 985 g/mol. The predicted octanol–water partition coefficient (Wildman–Crippen LogP) is 7.24. The molecule has 69 heavy (non-hydrogen) atoms. The smallest absolute Gasteiger partial charge is 0.416 e. The van der Waals surface area contributed by atoms with Gasteiger partial charge in [-0.15, -0.1) is 0 Å². The molecule has 0 bridgehead atoms. The number of amides is 6. The number of piperazine rings is 2. The average Bonchev–Trinajstić information content (AvgIpc) is 3.18. The molecule has 23 heteroatoms. The van der Waals surface area contributed by atoms with Crippen LogP contribution in [-0.2, 0) is 66.8 Å². The molecular weight excluding hydrogens is 936 g/mol. The van der Waals surface area contributed by atoms with Gasteiger partial charge in [-0.3, -0.25) is 19.2 Å². The van der Waals surface area contributed by atoms with E-state index in [9.17, 15) is 68.3 Å². The monoisotopic (exact) mass is 984 g/mol. The van der Waals surface area contributed by atoms with Crippen LogP contribution in [0.25, 0.3) is 0 Å². The van der Waals surface area contributed by atoms with E-state index in [4.69, 9.17) is 9.47 Å². The van der Waals surface area contributed by atoms with Crippen LogP contribution in [0.5, 0.6) is 0 Å². The molecule has 7 rings (SSSR count). The summed E-state index contributed by atoms with van der Waals surface area (Å²) in [6, 6.07) is 12.8. The second-order valence-electron chi connectivity index (χ2n) is 19.1. The molecule has 0 saturated carbocycles. The van der Waals surface area contributed by atoms with Crippen molar-refractivity contribution in [3.8, 4) is 0 Å². The zero-order chi connectivity index (χ0) is 51.3. The Bertz CT molecular complexity index is 2440. The first-order chi connectivity index (χ1) is 31.7. The van der Waals surface area contributed by atoms with Crippen molar-refractivity contribution in [1.82, 2.24) is 29.8 Å². The Labute approximate surface area is 390 Å². The van der Waals surface area contributed by atoms with E-state index in [1.54, 1.807) is 41.5 Å². The molecule has 4 fully saturated rings. The Hall–Kier alpha value is -6.55. The van der Waals surface area contributed by atoms with E-state index in [0.717, 1.165) is 36.4 Å². The molecular formula is C46H49F9N6O8. The Kier molecular flexibility index (Phi) is 13.8. The molecule has 3 aromatic carbocycles. The van der Waals surface area contributed by atoms with E-state index in [2.05, 4.69) is 5.32 Å². The minimum atomic E-state index is -4.54. The van der Waals surface area contributed by atoms with Gasteiger partial charge in [0.05, 0.1) is 49.4 Å². The lowest BCUT2D eigenvalue weighted by Crippen LogP contribution is -2.81. The van der Waals surface area contributed by atoms with Crippen molar-refractivity contribution >= 4 is 35.8 Å². The third-order valence-corrected chi connectivity index (χ3v) is 11.5. The van der Waals surface area contributed by atoms with Crippen LogP contribution in [0.3, 0.4) is 0 Å². The van der Waals surface area contributed by atoms with Crippen molar-refractivity contribution in [2.24, 2.45) is 0 Å². The molecule has 0 radical (unpaired) electrons. The normalized spacial score (nSPS) is 18.3. The molecule has 2 spiro atoms. The predicted molar refractivity (Wildman–Crippen MR) is 225 cm³/mol. The number of nitrogens with one attached hydrogen (secondary N) is 1. The number of carbonyl (C=O) groups is 6. The molecule has 4 saturated heterocycles. The van der Waals surface area contributed by atoms with E-state index in [0.29, 0.717) is 16.7 Å². The highest BCUT2D eigenvalue weighted by Gasteiger charge is 2.62. The lowest BCUT2D eigenvalue weighted by molar-refractivity contribution is -0.179. The Balaban J connectivity index is 0.000000239. The van der Waals surface area contributed by atoms with Gasteiger partial charge in [0, 0.05) is 19.6 Å². The van der Waals surface area contributed by atoms with Crippen LogP contribution in [0.15, 0.2) is 72.8 Å². The van der Waals surface area contributed by atoms with Gasteiger partial charge in [-0.05, 0) is 94.6 Å². The second-order valence-corrected chi connectivity index (χ2v) is 19.1. The van der Waals surface area contributed by atoms with E-state index >= 15 is 0 Å². The van der Waals surface area contributed by atoms with E-state index in [1.165, 1.54) is 60.9 Å². The molecule has 4 aliphatic rings. The zero-order valence-electron chi connectivity index (χ0n) is 38.2. The Morgan fingerprint density at radius 1 is 0.522 bits per heavy atom. The first-order valence-corrected chi connectivity index (χ1v) is 21.3. The summed E-state index contributed by atoms with van der Waals surface area (Å²) in [5.41, 5.74) is -5.64. The van der Waals surface area contributed by atoms with Crippen LogP contribution >= 0.6 is 0 Å². The summed E-state index contributed by atoms with van der Waals surface area (Å²) in [5, 5.41) is 2.52. The molecule has 0 atom stereocenters. The van der Waals surface area contributed by atoms with E-state index in [1.807, 2.05) is 0 Å². The zero-order valence-corrected chi connectivity index (χ0v) is 38.2. The van der Waals surface area contributed by atoms with E-state index < -0.39 is 94.0 Å². The van der Waals surface area contributed by atoms with Crippen molar-refractivity contribution in [3.63, 3.8) is 0 Å². The van der Waals surface area contributed by atoms with Crippen LogP contribution in [0.2, 0.25) is 0 Å². The van der Waals surface area contributed by atoms with Crippen LogP contribution in [0, 0.1) is 0 Å². The largest absolute Gasteiger partial charge is 0.444 e. The summed E-state index contributed by atoms with van der Waals surface area (Å²) >= 11 is 0. The van der Waals surface area contributed by atoms with Crippen molar-refractivity contribution in [2.45, 2.75) is 102 Å². The number of benzene rings is 3. The Morgan fingerprint density at radius 3 is 1.20 bits per heavy atom. The summed E-state index contributed by atoms with van der Waals surface area (Å²) < 4.78 is 127. The Morgan fingerprint density at radius 2 is 0.855 bits per heavy atom. The van der Waals surface area contributed by atoms with Crippen molar-refractivity contribution in [3.05, 3.63) is 106 Å². The maximum atomic E-state index is 13.8. The van der Waals surface area contributed by atoms with Gasteiger partial charge in [0.2, 0.25) is 17.7 Å². The topological polar surface area (TPSA) is 149 Å². The van der Waals surface area contributed by atoms with E-state index in [-0.39, 0.29) is 58.3 Å². The summed E-state index contributed by atoms with van der Waals surface area (Å²) in [6.45, 7) is 8.68. The minimum Gasteiger partial charge on any atom is -0.444 e. The van der Waals surface area contributed by atoms with Crippen molar-refractivity contribution < 1.29 is 77.8 Å². The van der Waals surface area contributed by atoms with Crippen LogP contribution in [0.4, 0.5) is 49.1 Å². The van der Waals surface area contributed by atoms with Gasteiger partial charge in [-0.25, -0.2) is 9.59 Å². The van der Waals surface area contributed by atoms with Gasteiger partial charge in [0.25, 0.3) is 5.91 Å². The molecule has 4 aliphatic heterocycles. The summed E-state index contributed by atoms with van der Waals surface area (Å²) in [5.74, 6) is -1.81. The third-order valence-electron chi connectivity index (χ3n) is 11.5. The maximum Gasteiger partial charge on any atom is 0.416 e. The fourth-order valence-electron chi connectivity index (χ4n) is 8.04. The number of carbonyl (C=O) groups excluding carboxylic acids is 6. The van der Waals surface area contributed by atoms with Crippen LogP contribution in [-0.4, -0.2) is 122 Å². The van der Waals surface area contributed by atoms with Gasteiger partial charge < -0.3 is 39.3 Å². The number of rotatable bonds is 6. The number of hydrogen-bond acceptors (Lipinski definition) is 8. The SMILES string of the molecule is CC(C)(C)OC(=O)N1CC2(C1)C(=O)N(Cc1ccc(C(F)(F)F)cc1)CC(=O)N2Cc1ccc(C(F)(F)F)cc1.CC(C)(C)OC(=O)N1CC2(C1)C(=O)NCC(=O)N2Cc1ccc(C(F)(F)F)cc1. The highest BCUT2D eigenvalue weighted by Crippen LogP contribution is 2.39. The molecule has 6 amide bonds. The second kappa shape index (κ2) is 18.4. The third kappa shape index (κ3) is 11.7.